The highest BCUT2D eigenvalue weighted by molar-refractivity contribution is 7.24. The zero-order valence-electron chi connectivity index (χ0n) is 21.3. The van der Waals surface area contributed by atoms with Crippen LogP contribution in [0.5, 0.6) is 34.5 Å². The van der Waals surface area contributed by atoms with Crippen molar-refractivity contribution in [1.29, 1.82) is 0 Å². The summed E-state index contributed by atoms with van der Waals surface area (Å²) in [6, 6.07) is 6.09. The van der Waals surface area contributed by atoms with Crippen molar-refractivity contribution in [3.05, 3.63) is 42.2 Å². The Bertz CT molecular complexity index is 1820. The molecule has 7 heterocycles. The molecule has 0 amide bonds. The number of nitrogens with zero attached hydrogens (tertiary/aromatic N) is 5. The van der Waals surface area contributed by atoms with E-state index in [4.69, 9.17) is 28.4 Å². The van der Waals surface area contributed by atoms with Crippen LogP contribution in [0.25, 0.3) is 43.4 Å². The molecule has 210 valence electrons. The fourth-order valence-electron chi connectivity index (χ4n) is 4.35. The molecule has 0 N–H and O–H groups in total. The number of hydrogen-bond donors (Lipinski definition) is 0. The lowest BCUT2D eigenvalue weighted by molar-refractivity contribution is -0.121. The minimum atomic E-state index is 0.188. The van der Waals surface area contributed by atoms with Crippen molar-refractivity contribution in [2.24, 2.45) is 0 Å². The lowest BCUT2D eigenvalue weighted by Crippen LogP contribution is -2.15. The molecular formula is C27H17N5O8S2. The monoisotopic (exact) mass is 603 g/mol. The molecule has 0 unspecified atom stereocenters. The van der Waals surface area contributed by atoms with Gasteiger partial charge in [-0.1, -0.05) is 0 Å². The maximum absolute atomic E-state index is 11.2. The molecule has 42 heavy (non-hydrogen) atoms. The Morgan fingerprint density at radius 2 is 1.38 bits per heavy atom. The number of rotatable bonds is 8. The van der Waals surface area contributed by atoms with E-state index >= 15 is 0 Å². The quantitative estimate of drug-likeness (QED) is 0.234. The third-order valence-electron chi connectivity index (χ3n) is 6.07. The van der Waals surface area contributed by atoms with Crippen molar-refractivity contribution in [2.45, 2.75) is 0 Å². The van der Waals surface area contributed by atoms with Crippen LogP contribution >= 0.6 is 22.7 Å². The molecule has 5 aromatic rings. The van der Waals surface area contributed by atoms with Gasteiger partial charge in [0.05, 0.1) is 21.1 Å². The molecule has 0 aromatic carbocycles. The van der Waals surface area contributed by atoms with Gasteiger partial charge in [-0.2, -0.15) is 0 Å². The molecule has 5 aromatic heterocycles. The molecule has 2 aliphatic heterocycles. The van der Waals surface area contributed by atoms with E-state index in [2.05, 4.69) is 24.9 Å². The minimum absolute atomic E-state index is 0.188. The molecule has 0 saturated carbocycles. The van der Waals surface area contributed by atoms with Crippen LogP contribution in [-0.4, -0.2) is 64.3 Å². The molecule has 0 fully saturated rings. The number of pyridine rings is 2. The van der Waals surface area contributed by atoms with Crippen LogP contribution in [0.2, 0.25) is 0 Å². The van der Waals surface area contributed by atoms with Gasteiger partial charge in [-0.15, -0.1) is 22.7 Å². The number of carbonyl (C=O) groups is 2. The highest BCUT2D eigenvalue weighted by Gasteiger charge is 2.32. The minimum Gasteiger partial charge on any atom is -0.485 e. The normalized spacial score (nSPS) is 13.3. The van der Waals surface area contributed by atoms with Crippen molar-refractivity contribution in [3.8, 4) is 77.9 Å². The van der Waals surface area contributed by atoms with E-state index in [0.29, 0.717) is 84.5 Å². The summed E-state index contributed by atoms with van der Waals surface area (Å²) in [5, 5.41) is 1.91. The summed E-state index contributed by atoms with van der Waals surface area (Å²) in [6.45, 7) is 2.33. The van der Waals surface area contributed by atoms with Gasteiger partial charge in [0, 0.05) is 29.8 Å². The van der Waals surface area contributed by atoms with E-state index in [1.165, 1.54) is 59.5 Å². The van der Waals surface area contributed by atoms with Crippen LogP contribution in [0.1, 0.15) is 0 Å². The van der Waals surface area contributed by atoms with E-state index in [-0.39, 0.29) is 23.0 Å². The van der Waals surface area contributed by atoms with Crippen LogP contribution in [-0.2, 0) is 9.59 Å². The van der Waals surface area contributed by atoms with Gasteiger partial charge in [-0.3, -0.25) is 14.6 Å². The topological polar surface area (TPSA) is 154 Å². The molecule has 13 nitrogen and oxygen atoms in total. The highest BCUT2D eigenvalue weighted by Crippen LogP contribution is 2.58. The standard InChI is InChI=1S/C27H17N5O8S2/c33-12-39-14-1-2-28-16(7-14)17-8-15(40-13-34)9-18(31-17)26-29-11-30-27(32-26)25-22-21(37-5-6-38-22)24(42-25)23-20-19(10-41-23)35-3-4-36-20/h1-2,7-13H,3-6H2. The Kier molecular flexibility index (Phi) is 6.77. The number of carbonyl (C=O) groups excluding carboxylic acids is 2. The Morgan fingerprint density at radius 1 is 0.690 bits per heavy atom. The smallest absolute Gasteiger partial charge is 0.298 e. The molecule has 0 spiro atoms. The fourth-order valence-corrected chi connectivity index (χ4v) is 6.55. The van der Waals surface area contributed by atoms with Gasteiger partial charge in [-0.05, 0) is 6.07 Å². The predicted octanol–water partition coefficient (Wildman–Crippen LogP) is 4.07. The first-order valence-electron chi connectivity index (χ1n) is 12.4. The molecule has 15 heteroatoms. The van der Waals surface area contributed by atoms with E-state index in [1.54, 1.807) is 0 Å². The first kappa shape index (κ1) is 25.8. The zero-order chi connectivity index (χ0) is 28.5. The molecule has 0 saturated heterocycles. The van der Waals surface area contributed by atoms with E-state index in [1.807, 2.05) is 5.38 Å². The van der Waals surface area contributed by atoms with Crippen molar-refractivity contribution in [1.82, 2.24) is 24.9 Å². The molecule has 0 radical (unpaired) electrons. The van der Waals surface area contributed by atoms with Crippen molar-refractivity contribution >= 4 is 35.6 Å². The van der Waals surface area contributed by atoms with Crippen LogP contribution < -0.4 is 28.4 Å². The number of ether oxygens (including phenoxy) is 6. The van der Waals surface area contributed by atoms with Gasteiger partial charge in [0.2, 0.25) is 0 Å². The Labute approximate surface area is 244 Å². The fraction of sp³-hybridized carbons (Fsp3) is 0.148. The lowest BCUT2D eigenvalue weighted by Gasteiger charge is -2.18. The van der Waals surface area contributed by atoms with E-state index in [0.717, 1.165) is 9.75 Å². The lowest BCUT2D eigenvalue weighted by atomic mass is 10.2. The van der Waals surface area contributed by atoms with Crippen LogP contribution in [0.15, 0.2) is 42.2 Å². The second kappa shape index (κ2) is 11.0. The Morgan fingerprint density at radius 3 is 2.21 bits per heavy atom. The van der Waals surface area contributed by atoms with Crippen LogP contribution in [0.3, 0.4) is 0 Å². The summed E-state index contributed by atoms with van der Waals surface area (Å²) in [5.41, 5.74) is 0.992. The summed E-state index contributed by atoms with van der Waals surface area (Å²) < 4.78 is 33.8. The average Bonchev–Trinajstić information content (AvgIpc) is 3.63. The summed E-state index contributed by atoms with van der Waals surface area (Å²) in [6.07, 6.45) is 2.83. The molecule has 0 bridgehead atoms. The third-order valence-corrected chi connectivity index (χ3v) is 8.32. The SMILES string of the molecule is O=COc1ccnc(-c2cc(OC=O)cc(-c3ncnc(-c4sc(-c5scc6c5OCCO6)c5c4OCCO5)n3)n2)c1. The van der Waals surface area contributed by atoms with Gasteiger partial charge < -0.3 is 28.4 Å². The van der Waals surface area contributed by atoms with Gasteiger partial charge in [0.15, 0.2) is 34.6 Å². The average molecular weight is 604 g/mol. The molecule has 7 rings (SSSR count). The molecular weight excluding hydrogens is 586 g/mol. The highest BCUT2D eigenvalue weighted by atomic mass is 32.1. The van der Waals surface area contributed by atoms with Gasteiger partial charge in [0.1, 0.15) is 54.8 Å². The Hall–Kier alpha value is -5.15. The van der Waals surface area contributed by atoms with Gasteiger partial charge in [-0.25, -0.2) is 19.9 Å². The van der Waals surface area contributed by atoms with Crippen molar-refractivity contribution in [3.63, 3.8) is 0 Å². The second-order valence-corrected chi connectivity index (χ2v) is 10.5. The zero-order valence-corrected chi connectivity index (χ0v) is 23.0. The maximum Gasteiger partial charge on any atom is 0.298 e. The summed E-state index contributed by atoms with van der Waals surface area (Å²) in [4.78, 5) is 46.7. The number of thiophene rings is 2. The van der Waals surface area contributed by atoms with Crippen LogP contribution in [0.4, 0.5) is 0 Å². The largest absolute Gasteiger partial charge is 0.485 e. The Balaban J connectivity index is 1.31. The predicted molar refractivity (Wildman–Crippen MR) is 148 cm³/mol. The third kappa shape index (κ3) is 4.73. The van der Waals surface area contributed by atoms with Crippen LogP contribution in [0, 0.1) is 0 Å². The van der Waals surface area contributed by atoms with Gasteiger partial charge >= 0.3 is 0 Å². The van der Waals surface area contributed by atoms with Crippen molar-refractivity contribution < 1.29 is 38.0 Å². The van der Waals surface area contributed by atoms with Crippen molar-refractivity contribution in [2.75, 3.05) is 26.4 Å². The van der Waals surface area contributed by atoms with Gasteiger partial charge in [0.25, 0.3) is 12.9 Å². The number of aromatic nitrogens is 5. The molecule has 0 aliphatic carbocycles. The first-order valence-corrected chi connectivity index (χ1v) is 14.1. The first-order chi connectivity index (χ1) is 20.7. The number of hydrogen-bond acceptors (Lipinski definition) is 15. The second-order valence-electron chi connectivity index (χ2n) is 8.58. The molecule has 2 aliphatic rings. The maximum atomic E-state index is 11.2. The summed E-state index contributed by atoms with van der Waals surface area (Å²) in [5.74, 6) is 3.49. The van der Waals surface area contributed by atoms with E-state index < -0.39 is 0 Å². The summed E-state index contributed by atoms with van der Waals surface area (Å²) in [7, 11) is 0. The summed E-state index contributed by atoms with van der Waals surface area (Å²) >= 11 is 2.90. The number of fused-ring (bicyclic) bond motifs is 2. The van der Waals surface area contributed by atoms with E-state index in [9.17, 15) is 9.59 Å². The molecule has 0 atom stereocenters.